The molecular weight excluding hydrogens is 334 g/mol. The molecule has 0 aliphatic carbocycles. The van der Waals surface area contributed by atoms with Crippen LogP contribution in [0.1, 0.15) is 23.6 Å². The van der Waals surface area contributed by atoms with Gasteiger partial charge in [0.15, 0.2) is 0 Å². The summed E-state index contributed by atoms with van der Waals surface area (Å²) in [6.07, 6.45) is 0. The number of hydrogen-bond acceptors (Lipinski definition) is 3. The van der Waals surface area contributed by atoms with Crippen molar-refractivity contribution in [1.82, 2.24) is 4.72 Å². The first kappa shape index (κ1) is 17.8. The predicted molar refractivity (Wildman–Crippen MR) is 92.6 cm³/mol. The molecule has 4 nitrogen and oxygen atoms in total. The van der Waals surface area contributed by atoms with E-state index < -0.39 is 10.0 Å². The third kappa shape index (κ3) is 4.25. The van der Waals surface area contributed by atoms with Gasteiger partial charge in [0.05, 0.1) is 11.5 Å². The number of hydrogen-bond donors (Lipinski definition) is 1. The molecule has 0 aliphatic rings. The highest BCUT2D eigenvalue weighted by atomic mass is 35.5. The molecule has 0 aromatic heterocycles. The molecule has 2 rings (SSSR count). The van der Waals surface area contributed by atoms with E-state index in [1.54, 1.807) is 26.0 Å². The van der Waals surface area contributed by atoms with Gasteiger partial charge in [0, 0.05) is 17.1 Å². The Morgan fingerprint density at radius 3 is 2.52 bits per heavy atom. The number of benzene rings is 2. The number of sulfonamides is 1. The molecule has 0 aliphatic heterocycles. The second-order valence-electron chi connectivity index (χ2n) is 5.23. The zero-order valence-corrected chi connectivity index (χ0v) is 15.0. The van der Waals surface area contributed by atoms with Gasteiger partial charge in [-0.15, -0.1) is 0 Å². The van der Waals surface area contributed by atoms with Crippen LogP contribution in [0.15, 0.2) is 41.3 Å². The lowest BCUT2D eigenvalue weighted by molar-refractivity contribution is 0.336. The normalized spacial score (nSPS) is 11.5. The summed E-state index contributed by atoms with van der Waals surface area (Å²) in [5, 5.41) is 0.558. The molecule has 6 heteroatoms. The summed E-state index contributed by atoms with van der Waals surface area (Å²) >= 11 is 6.03. The van der Waals surface area contributed by atoms with E-state index in [0.29, 0.717) is 22.9 Å². The number of aryl methyl sites for hydroxylation is 2. The molecule has 2 aromatic carbocycles. The second kappa shape index (κ2) is 7.34. The van der Waals surface area contributed by atoms with E-state index in [1.165, 1.54) is 0 Å². The van der Waals surface area contributed by atoms with Crippen LogP contribution < -0.4 is 9.46 Å². The maximum Gasteiger partial charge on any atom is 0.241 e. The number of nitrogens with one attached hydrogen (secondary N) is 1. The third-order valence-corrected chi connectivity index (χ3v) is 5.42. The minimum absolute atomic E-state index is 0.166. The van der Waals surface area contributed by atoms with E-state index >= 15 is 0 Å². The van der Waals surface area contributed by atoms with Crippen LogP contribution in [0.4, 0.5) is 0 Å². The Balaban J connectivity index is 2.25. The molecule has 1 N–H and O–H groups in total. The van der Waals surface area contributed by atoms with Gasteiger partial charge < -0.3 is 4.74 Å². The fourth-order valence-electron chi connectivity index (χ4n) is 2.24. The number of rotatable bonds is 6. The molecule has 0 fully saturated rings. The molecule has 0 saturated heterocycles. The van der Waals surface area contributed by atoms with E-state index in [4.69, 9.17) is 16.3 Å². The molecule has 0 amide bonds. The van der Waals surface area contributed by atoms with E-state index in [-0.39, 0.29) is 11.4 Å². The van der Waals surface area contributed by atoms with E-state index in [9.17, 15) is 8.42 Å². The molecule has 2 aromatic rings. The fourth-order valence-corrected chi connectivity index (χ4v) is 3.77. The molecule has 0 bridgehead atoms. The standard InChI is InChI=1S/C17H20ClNO3S/c1-4-22-16-8-6-5-7-14(16)11-19-23(20,21)17-10-12(2)15(18)9-13(17)3/h5-10,19H,4,11H2,1-3H3. The summed E-state index contributed by atoms with van der Waals surface area (Å²) in [6.45, 7) is 6.10. The Bertz CT molecular complexity index is 803. The molecule has 0 heterocycles. The summed E-state index contributed by atoms with van der Waals surface area (Å²) in [4.78, 5) is 0.244. The molecular formula is C17H20ClNO3S. The lowest BCUT2D eigenvalue weighted by Gasteiger charge is -2.13. The third-order valence-electron chi connectivity index (χ3n) is 3.47. The average molecular weight is 354 g/mol. The maximum atomic E-state index is 12.6. The van der Waals surface area contributed by atoms with Gasteiger partial charge in [-0.3, -0.25) is 0 Å². The van der Waals surface area contributed by atoms with Crippen LogP contribution in [-0.2, 0) is 16.6 Å². The molecule has 124 valence electrons. The van der Waals surface area contributed by atoms with E-state index in [0.717, 1.165) is 11.1 Å². The van der Waals surface area contributed by atoms with Crippen LogP contribution in [-0.4, -0.2) is 15.0 Å². The minimum atomic E-state index is -3.62. The van der Waals surface area contributed by atoms with Gasteiger partial charge in [0.25, 0.3) is 0 Å². The Hall–Kier alpha value is -1.56. The topological polar surface area (TPSA) is 55.4 Å². The van der Waals surface area contributed by atoms with Crippen molar-refractivity contribution in [1.29, 1.82) is 0 Å². The first-order chi connectivity index (χ1) is 10.8. The van der Waals surface area contributed by atoms with Crippen LogP contribution in [0.5, 0.6) is 5.75 Å². The SMILES string of the molecule is CCOc1ccccc1CNS(=O)(=O)c1cc(C)c(Cl)cc1C. The number of para-hydroxylation sites is 1. The summed E-state index contributed by atoms with van der Waals surface area (Å²) < 4.78 is 33.3. The second-order valence-corrected chi connectivity index (χ2v) is 7.37. The summed E-state index contributed by atoms with van der Waals surface area (Å²) in [7, 11) is -3.62. The zero-order valence-electron chi connectivity index (χ0n) is 13.4. The van der Waals surface area contributed by atoms with Crippen molar-refractivity contribution in [3.63, 3.8) is 0 Å². The van der Waals surface area contributed by atoms with Crippen molar-refractivity contribution in [3.8, 4) is 5.75 Å². The van der Waals surface area contributed by atoms with Crippen molar-refractivity contribution < 1.29 is 13.2 Å². The highest BCUT2D eigenvalue weighted by molar-refractivity contribution is 7.89. The highest BCUT2D eigenvalue weighted by Gasteiger charge is 2.18. The zero-order chi connectivity index (χ0) is 17.0. The predicted octanol–water partition coefficient (Wildman–Crippen LogP) is 3.83. The first-order valence-corrected chi connectivity index (χ1v) is 9.18. The van der Waals surface area contributed by atoms with E-state index in [2.05, 4.69) is 4.72 Å². The van der Waals surface area contributed by atoms with Gasteiger partial charge >= 0.3 is 0 Å². The quantitative estimate of drug-likeness (QED) is 0.858. The number of halogens is 1. The van der Waals surface area contributed by atoms with Crippen LogP contribution in [0.25, 0.3) is 0 Å². The van der Waals surface area contributed by atoms with Crippen molar-refractivity contribution >= 4 is 21.6 Å². The minimum Gasteiger partial charge on any atom is -0.494 e. The van der Waals surface area contributed by atoms with Gasteiger partial charge in [0.2, 0.25) is 10.0 Å². The molecule has 0 atom stereocenters. The van der Waals surface area contributed by atoms with Gasteiger partial charge in [-0.25, -0.2) is 13.1 Å². The average Bonchev–Trinajstić information content (AvgIpc) is 2.50. The van der Waals surface area contributed by atoms with E-state index in [1.807, 2.05) is 31.2 Å². The van der Waals surface area contributed by atoms with Crippen LogP contribution >= 0.6 is 11.6 Å². The highest BCUT2D eigenvalue weighted by Crippen LogP contribution is 2.24. The Kier molecular flexibility index (Phi) is 5.68. The van der Waals surface area contributed by atoms with Crippen molar-refractivity contribution in [2.75, 3.05) is 6.61 Å². The van der Waals surface area contributed by atoms with Crippen molar-refractivity contribution in [3.05, 3.63) is 58.1 Å². The monoisotopic (exact) mass is 353 g/mol. The lowest BCUT2D eigenvalue weighted by atomic mass is 10.2. The van der Waals surface area contributed by atoms with Crippen molar-refractivity contribution in [2.45, 2.75) is 32.2 Å². The smallest absolute Gasteiger partial charge is 0.241 e. The van der Waals surface area contributed by atoms with Gasteiger partial charge in [-0.1, -0.05) is 29.8 Å². The molecule has 0 saturated carbocycles. The lowest BCUT2D eigenvalue weighted by Crippen LogP contribution is -2.24. The molecule has 0 unspecified atom stereocenters. The Morgan fingerprint density at radius 1 is 1.13 bits per heavy atom. The maximum absolute atomic E-state index is 12.6. The Labute approximate surface area is 142 Å². The summed E-state index contributed by atoms with van der Waals surface area (Å²) in [6, 6.07) is 10.6. The largest absolute Gasteiger partial charge is 0.494 e. The number of ether oxygens (including phenoxy) is 1. The Morgan fingerprint density at radius 2 is 1.83 bits per heavy atom. The summed E-state index contributed by atoms with van der Waals surface area (Å²) in [5.74, 6) is 0.682. The fraction of sp³-hybridized carbons (Fsp3) is 0.294. The molecule has 23 heavy (non-hydrogen) atoms. The van der Waals surface area contributed by atoms with Gasteiger partial charge in [-0.2, -0.15) is 0 Å². The first-order valence-electron chi connectivity index (χ1n) is 7.32. The van der Waals surface area contributed by atoms with Crippen molar-refractivity contribution in [2.24, 2.45) is 0 Å². The summed E-state index contributed by atoms with van der Waals surface area (Å²) in [5.41, 5.74) is 2.14. The molecule has 0 spiro atoms. The van der Waals surface area contributed by atoms with Crippen LogP contribution in [0.2, 0.25) is 5.02 Å². The molecule has 0 radical (unpaired) electrons. The van der Waals surface area contributed by atoms with Crippen LogP contribution in [0.3, 0.4) is 0 Å². The van der Waals surface area contributed by atoms with Crippen LogP contribution in [0, 0.1) is 13.8 Å². The van der Waals surface area contributed by atoms with Gasteiger partial charge in [-0.05, 0) is 50.1 Å². The van der Waals surface area contributed by atoms with Gasteiger partial charge in [0.1, 0.15) is 5.75 Å².